The first-order valence-corrected chi connectivity index (χ1v) is 8.53. The molecule has 0 saturated carbocycles. The van der Waals surface area contributed by atoms with Crippen LogP contribution in [0, 0.1) is 20.8 Å². The van der Waals surface area contributed by atoms with Crippen molar-refractivity contribution in [1.29, 1.82) is 0 Å². The molecule has 0 atom stereocenters. The second-order valence-corrected chi connectivity index (χ2v) is 6.55. The van der Waals surface area contributed by atoms with Gasteiger partial charge in [0.1, 0.15) is 5.82 Å². The Labute approximate surface area is 142 Å². The number of hydrogen-bond donors (Lipinski definition) is 1. The summed E-state index contributed by atoms with van der Waals surface area (Å²) in [6.07, 6.45) is 0. The van der Waals surface area contributed by atoms with Gasteiger partial charge in [-0.25, -0.2) is 4.98 Å². The monoisotopic (exact) mass is 321 g/mol. The van der Waals surface area contributed by atoms with E-state index in [0.29, 0.717) is 0 Å². The molecule has 1 saturated heterocycles. The lowest BCUT2D eigenvalue weighted by molar-refractivity contribution is 0.579. The third-order valence-corrected chi connectivity index (χ3v) is 4.65. The van der Waals surface area contributed by atoms with E-state index in [0.717, 1.165) is 54.6 Å². The molecule has 0 amide bonds. The molecule has 5 nitrogen and oxygen atoms in total. The van der Waals surface area contributed by atoms with Gasteiger partial charge in [0.15, 0.2) is 5.65 Å². The van der Waals surface area contributed by atoms with Crippen molar-refractivity contribution in [3.05, 3.63) is 47.3 Å². The number of aryl methyl sites for hydroxylation is 3. The molecule has 3 heterocycles. The second-order valence-electron chi connectivity index (χ2n) is 6.55. The van der Waals surface area contributed by atoms with Gasteiger partial charge in [-0.1, -0.05) is 29.8 Å². The van der Waals surface area contributed by atoms with Gasteiger partial charge < -0.3 is 10.2 Å². The SMILES string of the molecule is Cc1ccc(-c2c(C)nn3c(N4CCNCC4)cc(C)nc23)cc1. The van der Waals surface area contributed by atoms with Gasteiger partial charge in [-0.05, 0) is 26.3 Å². The van der Waals surface area contributed by atoms with E-state index in [1.165, 1.54) is 11.1 Å². The summed E-state index contributed by atoms with van der Waals surface area (Å²) >= 11 is 0. The summed E-state index contributed by atoms with van der Waals surface area (Å²) in [6, 6.07) is 10.8. The number of nitrogens with zero attached hydrogens (tertiary/aromatic N) is 4. The maximum absolute atomic E-state index is 4.82. The maximum atomic E-state index is 4.82. The Morgan fingerprint density at radius 1 is 1.00 bits per heavy atom. The third kappa shape index (κ3) is 2.55. The Balaban J connectivity index is 1.91. The number of rotatable bonds is 2. The number of aromatic nitrogens is 3. The normalized spacial score (nSPS) is 15.2. The lowest BCUT2D eigenvalue weighted by Gasteiger charge is -2.29. The Morgan fingerprint density at radius 2 is 1.71 bits per heavy atom. The topological polar surface area (TPSA) is 45.5 Å². The van der Waals surface area contributed by atoms with Gasteiger partial charge in [0.2, 0.25) is 0 Å². The molecule has 1 aliphatic rings. The van der Waals surface area contributed by atoms with Crippen LogP contribution in [0.3, 0.4) is 0 Å². The summed E-state index contributed by atoms with van der Waals surface area (Å²) < 4.78 is 2.02. The minimum atomic E-state index is 0.949. The quantitative estimate of drug-likeness (QED) is 0.788. The van der Waals surface area contributed by atoms with E-state index in [4.69, 9.17) is 10.1 Å². The summed E-state index contributed by atoms with van der Waals surface area (Å²) in [7, 11) is 0. The molecule has 2 aromatic heterocycles. The van der Waals surface area contributed by atoms with Crippen molar-refractivity contribution in [2.45, 2.75) is 20.8 Å². The fraction of sp³-hybridized carbons (Fsp3) is 0.368. The molecule has 1 N–H and O–H groups in total. The van der Waals surface area contributed by atoms with Crippen LogP contribution in [0.15, 0.2) is 30.3 Å². The Morgan fingerprint density at radius 3 is 2.42 bits per heavy atom. The molecule has 5 heteroatoms. The Bertz CT molecular complexity index is 873. The molecule has 1 fully saturated rings. The first-order valence-electron chi connectivity index (χ1n) is 8.53. The van der Waals surface area contributed by atoms with Crippen LogP contribution in [-0.4, -0.2) is 40.8 Å². The van der Waals surface area contributed by atoms with Crippen LogP contribution < -0.4 is 10.2 Å². The zero-order chi connectivity index (χ0) is 16.7. The minimum Gasteiger partial charge on any atom is -0.354 e. The highest BCUT2D eigenvalue weighted by atomic mass is 15.4. The van der Waals surface area contributed by atoms with Crippen LogP contribution in [0.4, 0.5) is 5.82 Å². The molecule has 1 aliphatic heterocycles. The first kappa shape index (κ1) is 15.1. The van der Waals surface area contributed by atoms with E-state index in [9.17, 15) is 0 Å². The van der Waals surface area contributed by atoms with Gasteiger partial charge in [-0.15, -0.1) is 0 Å². The van der Waals surface area contributed by atoms with Crippen molar-refractivity contribution < 1.29 is 0 Å². The van der Waals surface area contributed by atoms with E-state index < -0.39 is 0 Å². The molecule has 24 heavy (non-hydrogen) atoms. The number of hydrogen-bond acceptors (Lipinski definition) is 4. The predicted octanol–water partition coefficient (Wildman–Crippen LogP) is 2.73. The standard InChI is InChI=1S/C19H23N5/c1-13-4-6-16(7-5-13)18-15(3)22-24-17(12-14(2)21-19(18)24)23-10-8-20-9-11-23/h4-7,12,20H,8-11H2,1-3H3. The van der Waals surface area contributed by atoms with E-state index in [1.807, 2.05) is 4.52 Å². The largest absolute Gasteiger partial charge is 0.354 e. The van der Waals surface area contributed by atoms with Crippen LogP contribution in [0.2, 0.25) is 0 Å². The number of benzene rings is 1. The van der Waals surface area contributed by atoms with Gasteiger partial charge in [0.05, 0.1) is 5.69 Å². The van der Waals surface area contributed by atoms with Gasteiger partial charge in [0, 0.05) is 43.5 Å². The van der Waals surface area contributed by atoms with Crippen LogP contribution in [0.1, 0.15) is 17.0 Å². The summed E-state index contributed by atoms with van der Waals surface area (Å²) in [5.41, 5.74) is 6.58. The zero-order valence-corrected chi connectivity index (χ0v) is 14.5. The molecule has 4 rings (SSSR count). The first-order chi connectivity index (χ1) is 11.6. The number of piperazine rings is 1. The maximum Gasteiger partial charge on any atom is 0.165 e. The Hall–Kier alpha value is -2.40. The van der Waals surface area contributed by atoms with Crippen molar-refractivity contribution in [3.63, 3.8) is 0 Å². The molecule has 3 aromatic rings. The zero-order valence-electron chi connectivity index (χ0n) is 14.5. The summed E-state index contributed by atoms with van der Waals surface area (Å²) in [6.45, 7) is 10.3. The van der Waals surface area contributed by atoms with Crippen LogP contribution in [0.25, 0.3) is 16.8 Å². The van der Waals surface area contributed by atoms with Crippen molar-refractivity contribution in [2.24, 2.45) is 0 Å². The fourth-order valence-corrected chi connectivity index (χ4v) is 3.40. The Kier molecular flexibility index (Phi) is 3.73. The average Bonchev–Trinajstić information content (AvgIpc) is 2.91. The van der Waals surface area contributed by atoms with E-state index in [1.54, 1.807) is 0 Å². The van der Waals surface area contributed by atoms with E-state index >= 15 is 0 Å². The molecule has 0 bridgehead atoms. The minimum absolute atomic E-state index is 0.949. The van der Waals surface area contributed by atoms with Crippen molar-refractivity contribution in [2.75, 3.05) is 31.1 Å². The number of anilines is 1. The summed E-state index contributed by atoms with van der Waals surface area (Å²) in [5, 5.41) is 8.23. The van der Waals surface area contributed by atoms with Crippen LogP contribution in [-0.2, 0) is 0 Å². The molecular formula is C19H23N5. The summed E-state index contributed by atoms with van der Waals surface area (Å²) in [5.74, 6) is 1.14. The summed E-state index contributed by atoms with van der Waals surface area (Å²) in [4.78, 5) is 7.20. The van der Waals surface area contributed by atoms with Crippen LogP contribution >= 0.6 is 0 Å². The molecular weight excluding hydrogens is 298 g/mol. The fourth-order valence-electron chi connectivity index (χ4n) is 3.40. The van der Waals surface area contributed by atoms with Gasteiger partial charge in [0.25, 0.3) is 0 Å². The van der Waals surface area contributed by atoms with Gasteiger partial charge >= 0.3 is 0 Å². The molecule has 0 radical (unpaired) electrons. The highest BCUT2D eigenvalue weighted by Gasteiger charge is 2.20. The molecule has 124 valence electrons. The smallest absolute Gasteiger partial charge is 0.165 e. The van der Waals surface area contributed by atoms with Crippen molar-refractivity contribution in [1.82, 2.24) is 19.9 Å². The lowest BCUT2D eigenvalue weighted by Crippen LogP contribution is -2.44. The van der Waals surface area contributed by atoms with Gasteiger partial charge in [-0.3, -0.25) is 0 Å². The van der Waals surface area contributed by atoms with E-state index in [-0.39, 0.29) is 0 Å². The van der Waals surface area contributed by atoms with Crippen molar-refractivity contribution >= 4 is 11.5 Å². The molecule has 0 spiro atoms. The van der Waals surface area contributed by atoms with Crippen LogP contribution in [0.5, 0.6) is 0 Å². The lowest BCUT2D eigenvalue weighted by atomic mass is 10.0. The highest BCUT2D eigenvalue weighted by molar-refractivity contribution is 5.81. The molecule has 1 aromatic carbocycles. The van der Waals surface area contributed by atoms with E-state index in [2.05, 4.69) is 61.3 Å². The highest BCUT2D eigenvalue weighted by Crippen LogP contribution is 2.30. The molecule has 0 aliphatic carbocycles. The predicted molar refractivity (Wildman–Crippen MR) is 97.7 cm³/mol. The number of nitrogens with one attached hydrogen (secondary N) is 1. The van der Waals surface area contributed by atoms with Gasteiger partial charge in [-0.2, -0.15) is 9.61 Å². The van der Waals surface area contributed by atoms with Crippen molar-refractivity contribution in [3.8, 4) is 11.1 Å². The third-order valence-electron chi connectivity index (χ3n) is 4.65. The number of fused-ring (bicyclic) bond motifs is 1. The molecule has 0 unspecified atom stereocenters. The second kappa shape index (κ2) is 5.91. The average molecular weight is 321 g/mol.